The van der Waals surface area contributed by atoms with Crippen LogP contribution in [-0.2, 0) is 8.85 Å². The van der Waals surface area contributed by atoms with E-state index in [0.29, 0.717) is 12.6 Å². The SMILES string of the molecule is CO[SiH](CCCC(C)NCCN)OC. The molecule has 0 aromatic heterocycles. The van der Waals surface area contributed by atoms with Crippen LogP contribution in [0.15, 0.2) is 0 Å². The van der Waals surface area contributed by atoms with Crippen LogP contribution in [0.2, 0.25) is 6.04 Å². The maximum Gasteiger partial charge on any atom is 0.320 e. The lowest BCUT2D eigenvalue weighted by Crippen LogP contribution is -2.31. The van der Waals surface area contributed by atoms with E-state index >= 15 is 0 Å². The van der Waals surface area contributed by atoms with Crippen molar-refractivity contribution in [1.82, 2.24) is 5.32 Å². The van der Waals surface area contributed by atoms with Crippen LogP contribution < -0.4 is 11.1 Å². The molecule has 4 nitrogen and oxygen atoms in total. The molecule has 0 rings (SSSR count). The van der Waals surface area contributed by atoms with Crippen molar-refractivity contribution in [3.05, 3.63) is 0 Å². The fraction of sp³-hybridized carbons (Fsp3) is 1.00. The van der Waals surface area contributed by atoms with Gasteiger partial charge in [-0.15, -0.1) is 0 Å². The molecule has 0 amide bonds. The van der Waals surface area contributed by atoms with Gasteiger partial charge in [0.2, 0.25) is 0 Å². The molecule has 14 heavy (non-hydrogen) atoms. The molecule has 0 aliphatic heterocycles. The van der Waals surface area contributed by atoms with Crippen molar-refractivity contribution in [3.8, 4) is 0 Å². The fourth-order valence-corrected chi connectivity index (χ4v) is 2.59. The standard InChI is InChI=1S/C9H24N2O2Si/c1-9(11-7-6-10)5-4-8-14(12-2)13-3/h9,11,14H,4-8,10H2,1-3H3. The Labute approximate surface area is 89.0 Å². The largest absolute Gasteiger partial charge is 0.400 e. The Bertz CT molecular complexity index is 123. The molecular formula is C9H24N2O2Si. The second kappa shape index (κ2) is 9.61. The third-order valence-electron chi connectivity index (χ3n) is 2.24. The summed E-state index contributed by atoms with van der Waals surface area (Å²) in [6, 6.07) is 1.63. The van der Waals surface area contributed by atoms with E-state index in [2.05, 4.69) is 12.2 Å². The first-order chi connectivity index (χ1) is 6.74. The van der Waals surface area contributed by atoms with Crippen molar-refractivity contribution in [2.24, 2.45) is 5.73 Å². The van der Waals surface area contributed by atoms with Gasteiger partial charge in [-0.3, -0.25) is 0 Å². The fourth-order valence-electron chi connectivity index (χ4n) is 1.35. The third kappa shape index (κ3) is 7.46. The third-order valence-corrected chi connectivity index (χ3v) is 4.17. The van der Waals surface area contributed by atoms with Crippen LogP contribution in [0.4, 0.5) is 0 Å². The summed E-state index contributed by atoms with van der Waals surface area (Å²) in [5, 5.41) is 3.35. The molecule has 0 heterocycles. The first-order valence-corrected chi connectivity index (χ1v) is 6.99. The van der Waals surface area contributed by atoms with Gasteiger partial charge in [0.15, 0.2) is 0 Å². The van der Waals surface area contributed by atoms with E-state index in [4.69, 9.17) is 14.6 Å². The van der Waals surface area contributed by atoms with Gasteiger partial charge in [0.25, 0.3) is 0 Å². The molecule has 0 aromatic rings. The van der Waals surface area contributed by atoms with Gasteiger partial charge in [0.1, 0.15) is 0 Å². The zero-order chi connectivity index (χ0) is 10.8. The summed E-state index contributed by atoms with van der Waals surface area (Å²) in [6.07, 6.45) is 2.33. The van der Waals surface area contributed by atoms with Gasteiger partial charge < -0.3 is 19.9 Å². The minimum absolute atomic E-state index is 0.543. The lowest BCUT2D eigenvalue weighted by Gasteiger charge is -2.14. The normalized spacial score (nSPS) is 13.5. The lowest BCUT2D eigenvalue weighted by molar-refractivity contribution is 0.275. The molecule has 0 aromatic carbocycles. The van der Waals surface area contributed by atoms with Gasteiger partial charge >= 0.3 is 9.28 Å². The van der Waals surface area contributed by atoms with E-state index < -0.39 is 9.28 Å². The van der Waals surface area contributed by atoms with Gasteiger partial charge in [-0.25, -0.2) is 0 Å². The molecule has 0 saturated carbocycles. The Kier molecular flexibility index (Phi) is 9.64. The molecular weight excluding hydrogens is 196 g/mol. The zero-order valence-corrected chi connectivity index (χ0v) is 10.7. The first kappa shape index (κ1) is 14.1. The molecule has 0 fully saturated rings. The first-order valence-electron chi connectivity index (χ1n) is 5.23. The van der Waals surface area contributed by atoms with Crippen LogP contribution in [0.25, 0.3) is 0 Å². The molecule has 1 unspecified atom stereocenters. The van der Waals surface area contributed by atoms with Crippen molar-refractivity contribution in [3.63, 3.8) is 0 Å². The Morgan fingerprint density at radius 2 is 2.00 bits per heavy atom. The maximum absolute atomic E-state index is 5.40. The van der Waals surface area contributed by atoms with Crippen LogP contribution in [0.3, 0.4) is 0 Å². The second-order valence-electron chi connectivity index (χ2n) is 3.48. The van der Waals surface area contributed by atoms with Crippen LogP contribution >= 0.6 is 0 Å². The molecule has 1 atom stereocenters. The summed E-state index contributed by atoms with van der Waals surface area (Å²) in [5.74, 6) is 0. The van der Waals surface area contributed by atoms with E-state index in [1.807, 2.05) is 0 Å². The Morgan fingerprint density at radius 3 is 2.50 bits per heavy atom. The average Bonchev–Trinajstić information content (AvgIpc) is 2.21. The van der Waals surface area contributed by atoms with Crippen LogP contribution in [-0.4, -0.2) is 42.6 Å². The van der Waals surface area contributed by atoms with E-state index in [1.165, 1.54) is 0 Å². The van der Waals surface area contributed by atoms with Crippen molar-refractivity contribution < 1.29 is 8.85 Å². The summed E-state index contributed by atoms with van der Waals surface area (Å²) in [4.78, 5) is 0. The Morgan fingerprint density at radius 1 is 1.36 bits per heavy atom. The number of nitrogens with one attached hydrogen (secondary N) is 1. The molecule has 3 N–H and O–H groups in total. The minimum atomic E-state index is -1.33. The number of rotatable bonds is 9. The zero-order valence-electron chi connectivity index (χ0n) is 9.58. The highest BCUT2D eigenvalue weighted by Gasteiger charge is 2.09. The molecule has 0 radical (unpaired) electrons. The Hall–Kier alpha value is 0.0569. The molecule has 0 saturated heterocycles. The van der Waals surface area contributed by atoms with E-state index in [-0.39, 0.29) is 0 Å². The smallest absolute Gasteiger partial charge is 0.320 e. The van der Waals surface area contributed by atoms with E-state index in [1.54, 1.807) is 14.2 Å². The van der Waals surface area contributed by atoms with Gasteiger partial charge in [0, 0.05) is 33.4 Å². The average molecular weight is 220 g/mol. The molecule has 0 spiro atoms. The molecule has 0 aliphatic carbocycles. The number of hydrogen-bond donors (Lipinski definition) is 2. The topological polar surface area (TPSA) is 56.5 Å². The second-order valence-corrected chi connectivity index (χ2v) is 5.85. The van der Waals surface area contributed by atoms with Crippen LogP contribution in [0, 0.1) is 0 Å². The Balaban J connectivity index is 3.33. The summed E-state index contributed by atoms with van der Waals surface area (Å²) in [5.41, 5.74) is 5.40. The van der Waals surface area contributed by atoms with Crippen LogP contribution in [0.5, 0.6) is 0 Å². The summed E-state index contributed by atoms with van der Waals surface area (Å²) < 4.78 is 10.5. The minimum Gasteiger partial charge on any atom is -0.400 e. The van der Waals surface area contributed by atoms with E-state index in [0.717, 1.165) is 25.4 Å². The lowest BCUT2D eigenvalue weighted by atomic mass is 10.2. The highest BCUT2D eigenvalue weighted by molar-refractivity contribution is 6.44. The van der Waals surface area contributed by atoms with Gasteiger partial charge in [-0.05, 0) is 19.4 Å². The maximum atomic E-state index is 5.40. The van der Waals surface area contributed by atoms with Crippen molar-refractivity contribution in [1.29, 1.82) is 0 Å². The summed E-state index contributed by atoms with van der Waals surface area (Å²) >= 11 is 0. The van der Waals surface area contributed by atoms with Crippen molar-refractivity contribution >= 4 is 9.28 Å². The van der Waals surface area contributed by atoms with Crippen LogP contribution in [0.1, 0.15) is 19.8 Å². The van der Waals surface area contributed by atoms with Crippen molar-refractivity contribution in [2.45, 2.75) is 31.9 Å². The molecule has 0 aliphatic rings. The quantitative estimate of drug-likeness (QED) is 0.546. The highest BCUT2D eigenvalue weighted by atomic mass is 28.3. The summed E-state index contributed by atoms with van der Waals surface area (Å²) in [6.45, 7) is 3.79. The number of nitrogens with two attached hydrogens (primary N) is 1. The molecule has 86 valence electrons. The van der Waals surface area contributed by atoms with Crippen molar-refractivity contribution in [2.75, 3.05) is 27.3 Å². The van der Waals surface area contributed by atoms with Gasteiger partial charge in [-0.1, -0.05) is 6.42 Å². The summed E-state index contributed by atoms with van der Waals surface area (Å²) in [7, 11) is 2.13. The van der Waals surface area contributed by atoms with E-state index in [9.17, 15) is 0 Å². The molecule has 0 bridgehead atoms. The number of hydrogen-bond acceptors (Lipinski definition) is 4. The highest BCUT2D eigenvalue weighted by Crippen LogP contribution is 2.05. The molecule has 5 heteroatoms. The van der Waals surface area contributed by atoms with Gasteiger partial charge in [-0.2, -0.15) is 0 Å². The monoisotopic (exact) mass is 220 g/mol. The predicted molar refractivity (Wildman–Crippen MR) is 61.7 cm³/mol. The van der Waals surface area contributed by atoms with Gasteiger partial charge in [0.05, 0.1) is 0 Å². The predicted octanol–water partition coefficient (Wildman–Crippen LogP) is 0.217.